The molecule has 124 valence electrons. The maximum absolute atomic E-state index is 13.0. The van der Waals surface area contributed by atoms with Crippen LogP contribution in [0.25, 0.3) is 11.0 Å². The first-order valence-electron chi connectivity index (χ1n) is 7.82. The van der Waals surface area contributed by atoms with Crippen molar-refractivity contribution in [2.75, 3.05) is 10.6 Å². The minimum absolute atomic E-state index is 0.101. The molecule has 3 aromatic rings. The fourth-order valence-electron chi connectivity index (χ4n) is 3.37. The number of fused-ring (bicyclic) bond motifs is 2. The van der Waals surface area contributed by atoms with Gasteiger partial charge in [-0.05, 0) is 45.4 Å². The largest absolute Gasteiger partial charge is 0.369 e. The molecule has 0 aliphatic carbocycles. The SMILES string of the molecule is Cc1nc(C)c(CN2C(=O)C(C)(C)c3cc4[nH]c(N)nc4cc32)s1. The number of benzene rings is 1. The summed E-state index contributed by atoms with van der Waals surface area (Å²) in [6.07, 6.45) is 0. The normalized spacial score (nSPS) is 16.2. The second-order valence-corrected chi connectivity index (χ2v) is 8.05. The van der Waals surface area contributed by atoms with E-state index in [4.69, 9.17) is 5.73 Å². The highest BCUT2D eigenvalue weighted by Crippen LogP contribution is 2.44. The summed E-state index contributed by atoms with van der Waals surface area (Å²) in [5.74, 6) is 0.488. The average Bonchev–Trinajstić information content (AvgIpc) is 3.07. The van der Waals surface area contributed by atoms with Crippen molar-refractivity contribution in [1.29, 1.82) is 0 Å². The van der Waals surface area contributed by atoms with Crippen LogP contribution in [0.1, 0.15) is 35.0 Å². The van der Waals surface area contributed by atoms with E-state index in [1.165, 1.54) is 0 Å². The number of hydrogen-bond donors (Lipinski definition) is 2. The maximum atomic E-state index is 13.0. The molecule has 24 heavy (non-hydrogen) atoms. The molecule has 0 atom stereocenters. The van der Waals surface area contributed by atoms with Crippen LogP contribution in [0.4, 0.5) is 11.6 Å². The van der Waals surface area contributed by atoms with Crippen LogP contribution in [-0.4, -0.2) is 20.9 Å². The molecule has 3 N–H and O–H groups in total. The Bertz CT molecular complexity index is 984. The van der Waals surface area contributed by atoms with Gasteiger partial charge < -0.3 is 15.6 Å². The van der Waals surface area contributed by atoms with Gasteiger partial charge in [0.2, 0.25) is 5.91 Å². The standard InChI is InChI=1S/C17H19N5OS/c1-8-14(24-9(2)19-8)7-22-13-6-12-11(20-16(18)21-12)5-10(13)17(3,4)15(22)23/h5-6H,7H2,1-4H3,(H3,18,20,21). The van der Waals surface area contributed by atoms with E-state index in [-0.39, 0.29) is 5.91 Å². The molecule has 7 heteroatoms. The fraction of sp³-hybridized carbons (Fsp3) is 0.353. The van der Waals surface area contributed by atoms with Gasteiger partial charge >= 0.3 is 0 Å². The van der Waals surface area contributed by atoms with E-state index in [0.29, 0.717) is 12.5 Å². The molecular weight excluding hydrogens is 322 g/mol. The van der Waals surface area contributed by atoms with E-state index in [9.17, 15) is 4.79 Å². The van der Waals surface area contributed by atoms with Gasteiger partial charge in [0.05, 0.1) is 39.4 Å². The molecule has 0 bridgehead atoms. The maximum Gasteiger partial charge on any atom is 0.237 e. The molecule has 0 saturated heterocycles. The lowest BCUT2D eigenvalue weighted by Crippen LogP contribution is -2.35. The molecule has 0 spiro atoms. The summed E-state index contributed by atoms with van der Waals surface area (Å²) < 4.78 is 0. The van der Waals surface area contributed by atoms with Gasteiger partial charge in [0.15, 0.2) is 5.95 Å². The molecule has 3 heterocycles. The molecule has 0 fully saturated rings. The summed E-state index contributed by atoms with van der Waals surface area (Å²) in [7, 11) is 0. The summed E-state index contributed by atoms with van der Waals surface area (Å²) >= 11 is 1.64. The Kier molecular flexibility index (Phi) is 3.02. The third-order valence-corrected chi connectivity index (χ3v) is 5.72. The van der Waals surface area contributed by atoms with Gasteiger partial charge in [-0.1, -0.05) is 0 Å². The second-order valence-electron chi connectivity index (χ2n) is 6.77. The number of hydrogen-bond acceptors (Lipinski definition) is 5. The van der Waals surface area contributed by atoms with Crippen molar-refractivity contribution >= 4 is 39.9 Å². The van der Waals surface area contributed by atoms with Gasteiger partial charge in [-0.3, -0.25) is 4.79 Å². The Morgan fingerprint density at radius 2 is 2.04 bits per heavy atom. The van der Waals surface area contributed by atoms with E-state index >= 15 is 0 Å². The fourth-order valence-corrected chi connectivity index (χ4v) is 4.30. The number of amides is 1. The summed E-state index contributed by atoms with van der Waals surface area (Å²) in [4.78, 5) is 27.8. The number of thiazole rings is 1. The molecule has 1 aliphatic rings. The van der Waals surface area contributed by atoms with Crippen molar-refractivity contribution in [2.24, 2.45) is 0 Å². The zero-order chi connectivity index (χ0) is 17.2. The van der Waals surface area contributed by atoms with Gasteiger partial charge in [0, 0.05) is 4.88 Å². The zero-order valence-corrected chi connectivity index (χ0v) is 14.9. The van der Waals surface area contributed by atoms with Gasteiger partial charge in [-0.15, -0.1) is 11.3 Å². The van der Waals surface area contributed by atoms with Crippen LogP contribution in [0.2, 0.25) is 0 Å². The molecule has 1 amide bonds. The Balaban J connectivity index is 1.86. The minimum atomic E-state index is -0.572. The molecular formula is C17H19N5OS. The second kappa shape index (κ2) is 4.80. The Morgan fingerprint density at radius 3 is 2.71 bits per heavy atom. The van der Waals surface area contributed by atoms with Crippen molar-refractivity contribution in [2.45, 2.75) is 39.7 Å². The topological polar surface area (TPSA) is 87.9 Å². The van der Waals surface area contributed by atoms with Crippen LogP contribution < -0.4 is 10.6 Å². The van der Waals surface area contributed by atoms with Crippen molar-refractivity contribution in [3.63, 3.8) is 0 Å². The third-order valence-electron chi connectivity index (χ3n) is 4.66. The first-order chi connectivity index (χ1) is 11.3. The first kappa shape index (κ1) is 15.1. The van der Waals surface area contributed by atoms with E-state index in [1.807, 2.05) is 44.7 Å². The third kappa shape index (κ3) is 2.04. The number of rotatable bonds is 2. The summed E-state index contributed by atoms with van der Waals surface area (Å²) in [6, 6.07) is 3.95. The van der Waals surface area contributed by atoms with Crippen LogP contribution in [0, 0.1) is 13.8 Å². The smallest absolute Gasteiger partial charge is 0.237 e. The van der Waals surface area contributed by atoms with Crippen molar-refractivity contribution < 1.29 is 4.79 Å². The Hall–Kier alpha value is -2.41. The highest BCUT2D eigenvalue weighted by atomic mass is 32.1. The van der Waals surface area contributed by atoms with Crippen LogP contribution in [0.3, 0.4) is 0 Å². The molecule has 4 rings (SSSR count). The van der Waals surface area contributed by atoms with Gasteiger partial charge in [0.25, 0.3) is 0 Å². The predicted octanol–water partition coefficient (Wildman–Crippen LogP) is 3.04. The molecule has 0 radical (unpaired) electrons. The van der Waals surface area contributed by atoms with Crippen molar-refractivity contribution in [1.82, 2.24) is 15.0 Å². The average molecular weight is 341 g/mol. The van der Waals surface area contributed by atoms with Crippen molar-refractivity contribution in [3.05, 3.63) is 33.3 Å². The lowest BCUT2D eigenvalue weighted by Gasteiger charge is -2.20. The number of imidazole rings is 1. The monoisotopic (exact) mass is 341 g/mol. The predicted molar refractivity (Wildman–Crippen MR) is 96.3 cm³/mol. The lowest BCUT2D eigenvalue weighted by atomic mass is 9.86. The number of carbonyl (C=O) groups is 1. The number of anilines is 2. The number of aromatic amines is 1. The number of H-pyrrole nitrogens is 1. The van der Waals surface area contributed by atoms with Gasteiger partial charge in [0.1, 0.15) is 0 Å². The van der Waals surface area contributed by atoms with E-state index in [1.54, 1.807) is 11.3 Å². The number of nitrogens with zero attached hydrogens (tertiary/aromatic N) is 3. The number of carbonyl (C=O) groups excluding carboxylic acids is 1. The number of aromatic nitrogens is 3. The summed E-state index contributed by atoms with van der Waals surface area (Å²) in [5, 5.41) is 1.02. The first-order valence-corrected chi connectivity index (χ1v) is 8.63. The highest BCUT2D eigenvalue weighted by molar-refractivity contribution is 7.11. The number of nitrogens with two attached hydrogens (primary N) is 1. The quantitative estimate of drug-likeness (QED) is 0.750. The molecule has 1 aliphatic heterocycles. The zero-order valence-electron chi connectivity index (χ0n) is 14.1. The number of nitrogen functional groups attached to an aromatic ring is 1. The Morgan fingerprint density at radius 1 is 1.29 bits per heavy atom. The van der Waals surface area contributed by atoms with E-state index in [2.05, 4.69) is 15.0 Å². The number of aryl methyl sites for hydroxylation is 2. The van der Waals surface area contributed by atoms with Crippen molar-refractivity contribution in [3.8, 4) is 0 Å². The molecule has 0 saturated carbocycles. The highest BCUT2D eigenvalue weighted by Gasteiger charge is 2.44. The van der Waals surface area contributed by atoms with E-state index < -0.39 is 5.41 Å². The van der Waals surface area contributed by atoms with Crippen LogP contribution >= 0.6 is 11.3 Å². The number of nitrogens with one attached hydrogen (secondary N) is 1. The molecule has 6 nitrogen and oxygen atoms in total. The van der Waals surface area contributed by atoms with Crippen LogP contribution in [0.5, 0.6) is 0 Å². The van der Waals surface area contributed by atoms with Gasteiger partial charge in [-0.25, -0.2) is 9.97 Å². The molecule has 0 unspecified atom stereocenters. The Labute approximate surface area is 143 Å². The van der Waals surface area contributed by atoms with E-state index in [0.717, 1.165) is 37.9 Å². The summed E-state index contributed by atoms with van der Waals surface area (Å²) in [5.41, 5.74) is 9.74. The van der Waals surface area contributed by atoms with Crippen LogP contribution in [-0.2, 0) is 16.8 Å². The molecule has 2 aromatic heterocycles. The van der Waals surface area contributed by atoms with Crippen LogP contribution in [0.15, 0.2) is 12.1 Å². The molecule has 1 aromatic carbocycles. The summed E-state index contributed by atoms with van der Waals surface area (Å²) in [6.45, 7) is 8.44. The lowest BCUT2D eigenvalue weighted by molar-refractivity contribution is -0.122. The van der Waals surface area contributed by atoms with Gasteiger partial charge in [-0.2, -0.15) is 0 Å². The minimum Gasteiger partial charge on any atom is -0.369 e.